The minimum Gasteiger partial charge on any atom is -0.464 e. The molecule has 1 aromatic carbocycles. The number of nitro benzene ring substituents is 1. The summed E-state index contributed by atoms with van der Waals surface area (Å²) in [5.74, 6) is 0.480. The van der Waals surface area contributed by atoms with Crippen LogP contribution in [0.25, 0.3) is 17.4 Å². The molecule has 0 aliphatic heterocycles. The zero-order valence-electron chi connectivity index (χ0n) is 10.6. The zero-order valence-corrected chi connectivity index (χ0v) is 11.5. The monoisotopic (exact) mass is 299 g/mol. The number of hydrogen-bond acceptors (Lipinski definition) is 5. The molecule has 7 heteroatoms. The van der Waals surface area contributed by atoms with Gasteiger partial charge in [-0.3, -0.25) is 10.1 Å². The highest BCUT2D eigenvalue weighted by atomic mass is 32.1. The largest absolute Gasteiger partial charge is 0.464 e. The molecule has 0 aliphatic carbocycles. The standard InChI is InChI=1S/C14H9N3O3S/c15-8-11(14(16)21)7-10-5-6-20-13(10)9-1-3-12(4-2-9)17(18)19/h1-7H,(H2,16,21). The first-order chi connectivity index (χ1) is 10.0. The van der Waals surface area contributed by atoms with Crippen molar-refractivity contribution < 1.29 is 9.34 Å². The molecule has 2 aromatic rings. The summed E-state index contributed by atoms with van der Waals surface area (Å²) in [7, 11) is 0. The minimum atomic E-state index is -0.479. The third-order valence-electron chi connectivity index (χ3n) is 2.72. The van der Waals surface area contributed by atoms with Gasteiger partial charge in [0.15, 0.2) is 0 Å². The molecule has 0 aliphatic rings. The summed E-state index contributed by atoms with van der Waals surface area (Å²) in [5, 5.41) is 19.6. The number of nitrogens with two attached hydrogens (primary N) is 1. The van der Waals surface area contributed by atoms with Gasteiger partial charge in [-0.15, -0.1) is 0 Å². The number of furan rings is 1. The second-order valence-electron chi connectivity index (χ2n) is 4.04. The summed E-state index contributed by atoms with van der Waals surface area (Å²) in [5.41, 5.74) is 6.86. The van der Waals surface area contributed by atoms with E-state index in [4.69, 9.17) is 27.6 Å². The number of nitriles is 1. The maximum Gasteiger partial charge on any atom is 0.269 e. The Morgan fingerprint density at radius 2 is 2.05 bits per heavy atom. The van der Waals surface area contributed by atoms with Crippen molar-refractivity contribution in [3.05, 3.63) is 57.8 Å². The van der Waals surface area contributed by atoms with Crippen LogP contribution in [0.15, 0.2) is 46.6 Å². The Labute approximate surface area is 125 Å². The van der Waals surface area contributed by atoms with Crippen LogP contribution < -0.4 is 5.73 Å². The van der Waals surface area contributed by atoms with Crippen LogP contribution in [0.3, 0.4) is 0 Å². The van der Waals surface area contributed by atoms with E-state index in [1.165, 1.54) is 24.5 Å². The molecule has 0 bridgehead atoms. The van der Waals surface area contributed by atoms with Crippen molar-refractivity contribution in [2.24, 2.45) is 5.73 Å². The lowest BCUT2D eigenvalue weighted by Gasteiger charge is -2.00. The summed E-state index contributed by atoms with van der Waals surface area (Å²) in [4.78, 5) is 10.1. The number of nitrogens with zero attached hydrogens (tertiary/aromatic N) is 2. The van der Waals surface area contributed by atoms with Gasteiger partial charge in [-0.1, -0.05) is 12.2 Å². The Morgan fingerprint density at radius 1 is 1.38 bits per heavy atom. The van der Waals surface area contributed by atoms with Crippen LogP contribution in [0.1, 0.15) is 5.56 Å². The van der Waals surface area contributed by atoms with Gasteiger partial charge in [0.05, 0.1) is 16.8 Å². The van der Waals surface area contributed by atoms with Crippen molar-refractivity contribution in [3.8, 4) is 17.4 Å². The zero-order chi connectivity index (χ0) is 15.4. The molecule has 0 radical (unpaired) electrons. The first-order valence-electron chi connectivity index (χ1n) is 5.77. The Bertz CT molecular complexity index is 770. The molecule has 2 rings (SSSR count). The quantitative estimate of drug-likeness (QED) is 0.306. The van der Waals surface area contributed by atoms with E-state index >= 15 is 0 Å². The average molecular weight is 299 g/mol. The van der Waals surface area contributed by atoms with Crippen LogP contribution in [0.4, 0.5) is 5.69 Å². The lowest BCUT2D eigenvalue weighted by atomic mass is 10.1. The molecule has 0 atom stereocenters. The van der Waals surface area contributed by atoms with Gasteiger partial charge < -0.3 is 10.2 Å². The molecular weight excluding hydrogens is 290 g/mol. The Morgan fingerprint density at radius 3 is 2.57 bits per heavy atom. The third kappa shape index (κ3) is 3.13. The van der Waals surface area contributed by atoms with Gasteiger partial charge >= 0.3 is 0 Å². The number of rotatable bonds is 4. The van der Waals surface area contributed by atoms with Crippen LogP contribution in [0.2, 0.25) is 0 Å². The number of hydrogen-bond donors (Lipinski definition) is 1. The minimum absolute atomic E-state index is 0.00616. The van der Waals surface area contributed by atoms with Crippen molar-refractivity contribution >= 4 is 29.0 Å². The van der Waals surface area contributed by atoms with Crippen molar-refractivity contribution in [1.29, 1.82) is 5.26 Å². The Hall–Kier alpha value is -2.98. The molecule has 21 heavy (non-hydrogen) atoms. The van der Waals surface area contributed by atoms with E-state index in [2.05, 4.69) is 0 Å². The van der Waals surface area contributed by atoms with E-state index in [1.54, 1.807) is 18.2 Å². The third-order valence-corrected chi connectivity index (χ3v) is 2.94. The van der Waals surface area contributed by atoms with Crippen LogP contribution >= 0.6 is 12.2 Å². The second kappa shape index (κ2) is 5.98. The fourth-order valence-electron chi connectivity index (χ4n) is 1.72. The molecule has 0 spiro atoms. The first-order valence-corrected chi connectivity index (χ1v) is 6.17. The molecule has 6 nitrogen and oxygen atoms in total. The molecule has 0 saturated heterocycles. The summed E-state index contributed by atoms with van der Waals surface area (Å²) < 4.78 is 5.37. The van der Waals surface area contributed by atoms with E-state index in [-0.39, 0.29) is 16.2 Å². The van der Waals surface area contributed by atoms with E-state index < -0.39 is 4.92 Å². The van der Waals surface area contributed by atoms with Gasteiger partial charge in [0.2, 0.25) is 0 Å². The van der Waals surface area contributed by atoms with Crippen molar-refractivity contribution in [3.63, 3.8) is 0 Å². The predicted octanol–water partition coefficient (Wildman–Crippen LogP) is 3.05. The number of thiocarbonyl (C=S) groups is 1. The number of non-ortho nitro benzene ring substituents is 1. The molecule has 0 amide bonds. The van der Waals surface area contributed by atoms with E-state index in [1.807, 2.05) is 6.07 Å². The summed E-state index contributed by atoms with van der Waals surface area (Å²) in [6.45, 7) is 0. The van der Waals surface area contributed by atoms with Gasteiger partial charge in [0, 0.05) is 23.3 Å². The normalized spacial score (nSPS) is 10.9. The number of benzene rings is 1. The lowest BCUT2D eigenvalue weighted by molar-refractivity contribution is -0.384. The van der Waals surface area contributed by atoms with E-state index in [0.717, 1.165) is 0 Å². The molecule has 0 saturated carbocycles. The van der Waals surface area contributed by atoms with Gasteiger partial charge in [0.1, 0.15) is 16.8 Å². The van der Waals surface area contributed by atoms with Crippen LogP contribution in [-0.4, -0.2) is 9.91 Å². The Balaban J connectivity index is 2.43. The van der Waals surface area contributed by atoms with Gasteiger partial charge in [-0.25, -0.2) is 0 Å². The Kier molecular flexibility index (Phi) is 4.11. The second-order valence-corrected chi connectivity index (χ2v) is 4.48. The molecule has 0 unspecified atom stereocenters. The van der Waals surface area contributed by atoms with Gasteiger partial charge in [0.25, 0.3) is 5.69 Å². The highest BCUT2D eigenvalue weighted by molar-refractivity contribution is 7.80. The first kappa shape index (κ1) is 14.4. The maximum atomic E-state index is 10.6. The smallest absolute Gasteiger partial charge is 0.269 e. The van der Waals surface area contributed by atoms with Gasteiger partial charge in [-0.05, 0) is 24.3 Å². The fraction of sp³-hybridized carbons (Fsp3) is 0. The maximum absolute atomic E-state index is 10.6. The van der Waals surface area contributed by atoms with Gasteiger partial charge in [-0.2, -0.15) is 5.26 Å². The van der Waals surface area contributed by atoms with Crippen LogP contribution in [0, 0.1) is 21.4 Å². The van der Waals surface area contributed by atoms with Crippen molar-refractivity contribution in [2.45, 2.75) is 0 Å². The number of nitro groups is 1. The SMILES string of the molecule is N#CC(=Cc1ccoc1-c1ccc([N+](=O)[O-])cc1)C(N)=S. The predicted molar refractivity (Wildman–Crippen MR) is 81.2 cm³/mol. The molecule has 2 N–H and O–H groups in total. The highest BCUT2D eigenvalue weighted by Gasteiger charge is 2.11. The molecular formula is C14H9N3O3S. The van der Waals surface area contributed by atoms with Crippen molar-refractivity contribution in [1.82, 2.24) is 0 Å². The molecule has 1 heterocycles. The molecule has 1 aromatic heterocycles. The highest BCUT2D eigenvalue weighted by Crippen LogP contribution is 2.28. The van der Waals surface area contributed by atoms with Crippen LogP contribution in [0.5, 0.6) is 0 Å². The van der Waals surface area contributed by atoms with E-state index in [0.29, 0.717) is 16.9 Å². The summed E-state index contributed by atoms with van der Waals surface area (Å²) in [6, 6.07) is 9.46. The summed E-state index contributed by atoms with van der Waals surface area (Å²) in [6.07, 6.45) is 2.97. The lowest BCUT2D eigenvalue weighted by Crippen LogP contribution is -2.09. The fourth-order valence-corrected chi connectivity index (χ4v) is 1.82. The van der Waals surface area contributed by atoms with E-state index in [9.17, 15) is 10.1 Å². The summed E-state index contributed by atoms with van der Waals surface area (Å²) >= 11 is 4.78. The average Bonchev–Trinajstić information content (AvgIpc) is 2.92. The molecule has 104 valence electrons. The van der Waals surface area contributed by atoms with Crippen molar-refractivity contribution in [2.75, 3.05) is 0 Å². The molecule has 0 fully saturated rings. The topological polar surface area (TPSA) is 106 Å². The van der Waals surface area contributed by atoms with Crippen LogP contribution in [-0.2, 0) is 0 Å².